The maximum atomic E-state index is 12.1. The Hall–Kier alpha value is -2.60. The van der Waals surface area contributed by atoms with E-state index in [9.17, 15) is 9.59 Å². The first-order valence-electron chi connectivity index (χ1n) is 10.6. The van der Waals surface area contributed by atoms with Gasteiger partial charge in [-0.3, -0.25) is 20.4 Å². The molecule has 6 heteroatoms. The molecule has 1 aliphatic carbocycles. The lowest BCUT2D eigenvalue weighted by atomic mass is 9.83. The van der Waals surface area contributed by atoms with Gasteiger partial charge >= 0.3 is 5.91 Å². The van der Waals surface area contributed by atoms with Gasteiger partial charge in [-0.15, -0.1) is 0 Å². The zero-order valence-corrected chi connectivity index (χ0v) is 17.3. The van der Waals surface area contributed by atoms with E-state index in [2.05, 4.69) is 49.0 Å². The molecule has 1 heterocycles. The van der Waals surface area contributed by atoms with Gasteiger partial charge in [-0.2, -0.15) is 0 Å². The van der Waals surface area contributed by atoms with Crippen molar-refractivity contribution in [2.45, 2.75) is 57.9 Å². The fourth-order valence-electron chi connectivity index (χ4n) is 4.10. The Balaban J connectivity index is 1.51. The molecule has 1 fully saturated rings. The summed E-state index contributed by atoms with van der Waals surface area (Å²) in [5.74, 6) is 0.507. The van der Waals surface area contributed by atoms with Crippen molar-refractivity contribution in [3.05, 3.63) is 59.5 Å². The number of rotatable bonds is 7. The third-order valence-electron chi connectivity index (χ3n) is 5.73. The Morgan fingerprint density at radius 3 is 2.41 bits per heavy atom. The van der Waals surface area contributed by atoms with Crippen LogP contribution in [0.4, 0.5) is 0 Å². The van der Waals surface area contributed by atoms with E-state index in [1.807, 2.05) is 5.32 Å². The van der Waals surface area contributed by atoms with Gasteiger partial charge < -0.3 is 9.73 Å². The van der Waals surface area contributed by atoms with Crippen molar-refractivity contribution in [3.63, 3.8) is 0 Å². The smallest absolute Gasteiger partial charge is 0.305 e. The summed E-state index contributed by atoms with van der Waals surface area (Å²) < 4.78 is 5.00. The molecule has 2 amide bonds. The summed E-state index contributed by atoms with van der Waals surface area (Å²) in [4.78, 5) is 24.0. The molecule has 0 radical (unpaired) electrons. The fraction of sp³-hybridized carbons (Fsp3) is 0.478. The largest absolute Gasteiger partial charge is 0.459 e. The fourth-order valence-corrected chi connectivity index (χ4v) is 4.10. The molecule has 29 heavy (non-hydrogen) atoms. The van der Waals surface area contributed by atoms with Crippen LogP contribution in [0.5, 0.6) is 0 Å². The number of furan rings is 1. The minimum absolute atomic E-state index is 0.160. The summed E-state index contributed by atoms with van der Waals surface area (Å²) in [7, 11) is 0. The molecule has 1 saturated carbocycles. The number of carbonyl (C=O) groups is 2. The van der Waals surface area contributed by atoms with Gasteiger partial charge in [0.15, 0.2) is 12.3 Å². The molecule has 1 aromatic carbocycles. The summed E-state index contributed by atoms with van der Waals surface area (Å²) >= 11 is 0. The molecule has 4 N–H and O–H groups in total. The van der Waals surface area contributed by atoms with E-state index in [-0.39, 0.29) is 24.3 Å². The van der Waals surface area contributed by atoms with E-state index < -0.39 is 5.91 Å². The third-order valence-corrected chi connectivity index (χ3v) is 5.73. The first-order chi connectivity index (χ1) is 14.0. The number of carbonyl (C=O) groups excluding carboxylic acids is 2. The second-order valence-corrected chi connectivity index (χ2v) is 8.19. The van der Waals surface area contributed by atoms with E-state index in [1.165, 1.54) is 49.5 Å². The molecule has 3 rings (SSSR count). The molecule has 0 unspecified atom stereocenters. The lowest BCUT2D eigenvalue weighted by Gasteiger charge is -2.23. The van der Waals surface area contributed by atoms with Gasteiger partial charge in [0.2, 0.25) is 0 Å². The highest BCUT2D eigenvalue weighted by molar-refractivity contribution is 5.92. The van der Waals surface area contributed by atoms with Crippen LogP contribution in [0.1, 0.15) is 79.6 Å². The summed E-state index contributed by atoms with van der Waals surface area (Å²) in [6, 6.07) is 12.3. The molecule has 0 bridgehead atoms. The quantitative estimate of drug-likeness (QED) is 0.627. The van der Waals surface area contributed by atoms with Crippen molar-refractivity contribution in [1.29, 1.82) is 0 Å². The van der Waals surface area contributed by atoms with Crippen molar-refractivity contribution in [1.82, 2.24) is 10.9 Å². The Labute approximate surface area is 172 Å². The van der Waals surface area contributed by atoms with E-state index >= 15 is 0 Å². The van der Waals surface area contributed by atoms with Crippen LogP contribution in [0.15, 0.2) is 47.1 Å². The second-order valence-electron chi connectivity index (χ2n) is 8.19. The molecule has 6 nitrogen and oxygen atoms in total. The van der Waals surface area contributed by atoms with Crippen LogP contribution in [-0.4, -0.2) is 18.4 Å². The first kappa shape index (κ1) is 21.1. The Kier molecular flexibility index (Phi) is 7.47. The topological polar surface area (TPSA) is 88.0 Å². The lowest BCUT2D eigenvalue weighted by molar-refractivity contribution is -0.692. The normalized spacial score (nSPS) is 15.8. The van der Waals surface area contributed by atoms with E-state index in [1.54, 1.807) is 12.1 Å². The van der Waals surface area contributed by atoms with Crippen LogP contribution < -0.4 is 16.2 Å². The van der Waals surface area contributed by atoms with E-state index in [0.717, 1.165) is 0 Å². The number of hydrazine groups is 1. The third kappa shape index (κ3) is 5.94. The molecule has 2 aromatic rings. The van der Waals surface area contributed by atoms with Crippen molar-refractivity contribution in [2.24, 2.45) is 5.92 Å². The lowest BCUT2D eigenvalue weighted by Crippen LogP contribution is -2.88. The predicted molar refractivity (Wildman–Crippen MR) is 111 cm³/mol. The molecule has 1 aliphatic rings. The van der Waals surface area contributed by atoms with Crippen molar-refractivity contribution in [3.8, 4) is 0 Å². The minimum atomic E-state index is -0.470. The van der Waals surface area contributed by atoms with Gasteiger partial charge in [-0.05, 0) is 36.5 Å². The Morgan fingerprint density at radius 2 is 1.79 bits per heavy atom. The maximum Gasteiger partial charge on any atom is 0.305 e. The molecule has 156 valence electrons. The highest BCUT2D eigenvalue weighted by atomic mass is 16.3. The summed E-state index contributed by atoms with van der Waals surface area (Å²) in [5.41, 5.74) is 7.48. The second kappa shape index (κ2) is 10.3. The van der Waals surface area contributed by atoms with E-state index in [4.69, 9.17) is 4.42 Å². The van der Waals surface area contributed by atoms with Crippen LogP contribution in [0.2, 0.25) is 0 Å². The number of benzene rings is 1. The van der Waals surface area contributed by atoms with Crippen LogP contribution in [0.3, 0.4) is 0 Å². The van der Waals surface area contributed by atoms with Crippen molar-refractivity contribution in [2.75, 3.05) is 6.54 Å². The van der Waals surface area contributed by atoms with Crippen LogP contribution in [0, 0.1) is 5.92 Å². The highest BCUT2D eigenvalue weighted by Gasteiger charge is 2.22. The van der Waals surface area contributed by atoms with Gasteiger partial charge in [0.25, 0.3) is 5.91 Å². The number of amides is 2. The molecule has 1 atom stereocenters. The zero-order chi connectivity index (χ0) is 20.6. The average molecular weight is 399 g/mol. The standard InChI is InChI=1S/C23H31N3O3/c1-16(2)22(19-12-10-18(11-13-19)17-7-4-3-5-8-17)24-15-21(27)25-26-23(28)20-9-6-14-29-20/h6,9-14,16-17,22,24H,3-5,7-8,15H2,1-2H3,(H,25,27)(H,26,28)/p+1/t22-/m1/s1. The van der Waals surface area contributed by atoms with Crippen molar-refractivity contribution < 1.29 is 19.3 Å². The maximum absolute atomic E-state index is 12.1. The molecular weight excluding hydrogens is 366 g/mol. The average Bonchev–Trinajstić information content (AvgIpc) is 3.28. The van der Waals surface area contributed by atoms with Gasteiger partial charge in [-0.1, -0.05) is 57.4 Å². The van der Waals surface area contributed by atoms with Gasteiger partial charge in [-0.25, -0.2) is 0 Å². The molecule has 1 aromatic heterocycles. The van der Waals surface area contributed by atoms with Crippen LogP contribution >= 0.6 is 0 Å². The van der Waals surface area contributed by atoms with Gasteiger partial charge in [0.05, 0.1) is 6.26 Å². The number of hydrogen-bond acceptors (Lipinski definition) is 3. The molecule has 0 saturated heterocycles. The SMILES string of the molecule is CC(C)[C@@H]([NH2+]CC(=O)NNC(=O)c1ccco1)c1ccc(C2CCCCC2)cc1. The first-order valence-corrected chi connectivity index (χ1v) is 10.6. The van der Waals surface area contributed by atoms with Gasteiger partial charge in [0.1, 0.15) is 6.04 Å². The molecule has 0 spiro atoms. The summed E-state index contributed by atoms with van der Waals surface area (Å²) in [5, 5.41) is 2.02. The number of nitrogens with one attached hydrogen (secondary N) is 2. The summed E-state index contributed by atoms with van der Waals surface area (Å²) in [6.45, 7) is 4.55. The number of nitrogens with two attached hydrogens (primary N) is 1. The highest BCUT2D eigenvalue weighted by Crippen LogP contribution is 2.33. The van der Waals surface area contributed by atoms with Crippen molar-refractivity contribution >= 4 is 11.8 Å². The van der Waals surface area contributed by atoms with Crippen LogP contribution in [0.25, 0.3) is 0 Å². The molecular formula is C23H32N3O3+. The van der Waals surface area contributed by atoms with Gasteiger partial charge in [0, 0.05) is 11.5 Å². The zero-order valence-electron chi connectivity index (χ0n) is 17.3. The minimum Gasteiger partial charge on any atom is -0.459 e. The predicted octanol–water partition coefficient (Wildman–Crippen LogP) is 3.05. The number of quaternary nitrogens is 1. The van der Waals surface area contributed by atoms with E-state index in [0.29, 0.717) is 11.8 Å². The molecule has 0 aliphatic heterocycles. The summed E-state index contributed by atoms with van der Waals surface area (Å²) in [6.07, 6.45) is 8.03. The Bertz CT molecular complexity index is 778. The Morgan fingerprint density at radius 1 is 1.07 bits per heavy atom. The number of hydrogen-bond donors (Lipinski definition) is 3. The monoisotopic (exact) mass is 398 g/mol. The van der Waals surface area contributed by atoms with Crippen LogP contribution in [-0.2, 0) is 4.79 Å².